The maximum Gasteiger partial charge on any atom is 0.165 e. The van der Waals surface area contributed by atoms with Crippen molar-refractivity contribution in [2.24, 2.45) is 10.8 Å². The minimum atomic E-state index is -0.0358. The molecule has 2 aliphatic carbocycles. The maximum atomic E-state index is 12.5. The number of carbonyl (C=O) groups is 2. The summed E-state index contributed by atoms with van der Waals surface area (Å²) >= 11 is 0. The summed E-state index contributed by atoms with van der Waals surface area (Å²) in [7, 11) is 0. The van der Waals surface area contributed by atoms with Crippen molar-refractivity contribution in [1.29, 1.82) is 0 Å². The molecular formula is C18H23NO2. The van der Waals surface area contributed by atoms with Crippen LogP contribution in [0, 0.1) is 17.8 Å². The smallest absolute Gasteiger partial charge is 0.165 e. The maximum absolute atomic E-state index is 12.5. The first-order chi connectivity index (χ1) is 9.60. The Balaban J connectivity index is 2.22. The van der Waals surface area contributed by atoms with Crippen molar-refractivity contribution < 1.29 is 9.59 Å². The fourth-order valence-electron chi connectivity index (χ4n) is 3.91. The average molecular weight is 285 g/mol. The monoisotopic (exact) mass is 285 g/mol. The number of carbonyl (C=O) groups excluding carboxylic acids is 2. The van der Waals surface area contributed by atoms with Crippen LogP contribution < -0.4 is 0 Å². The average Bonchev–Trinajstić information content (AvgIpc) is 2.22. The molecule has 0 saturated carbocycles. The highest BCUT2D eigenvalue weighted by Crippen LogP contribution is 2.40. The summed E-state index contributed by atoms with van der Waals surface area (Å²) in [6, 6.07) is 0. The quantitative estimate of drug-likeness (QED) is 0.730. The SMILES string of the molecule is Cc1c2c(nc3c1C(=O)CC(C)(C)C3)CC(C)(C)CC2=O. The number of nitrogens with zero attached hydrogens (tertiary/aromatic N) is 1. The van der Waals surface area contributed by atoms with Gasteiger partial charge in [0, 0.05) is 24.0 Å². The topological polar surface area (TPSA) is 47.0 Å². The van der Waals surface area contributed by atoms with Crippen LogP contribution in [0.25, 0.3) is 0 Å². The lowest BCUT2D eigenvalue weighted by Crippen LogP contribution is -2.34. The lowest BCUT2D eigenvalue weighted by atomic mass is 9.70. The van der Waals surface area contributed by atoms with Gasteiger partial charge in [-0.25, -0.2) is 0 Å². The van der Waals surface area contributed by atoms with E-state index >= 15 is 0 Å². The molecule has 3 heteroatoms. The van der Waals surface area contributed by atoms with Crippen LogP contribution in [0.2, 0.25) is 0 Å². The Labute approximate surface area is 126 Å². The van der Waals surface area contributed by atoms with Crippen LogP contribution in [-0.2, 0) is 12.8 Å². The lowest BCUT2D eigenvalue weighted by Gasteiger charge is -2.35. The van der Waals surface area contributed by atoms with Gasteiger partial charge >= 0.3 is 0 Å². The van der Waals surface area contributed by atoms with E-state index in [4.69, 9.17) is 4.98 Å². The summed E-state index contributed by atoms with van der Waals surface area (Å²) in [6.07, 6.45) is 2.72. The number of hydrogen-bond acceptors (Lipinski definition) is 3. The van der Waals surface area contributed by atoms with Gasteiger partial charge in [0.15, 0.2) is 11.6 Å². The highest BCUT2D eigenvalue weighted by atomic mass is 16.1. The third kappa shape index (κ3) is 2.33. The Morgan fingerprint density at radius 1 is 0.762 bits per heavy atom. The molecule has 1 aromatic heterocycles. The van der Waals surface area contributed by atoms with Gasteiger partial charge < -0.3 is 0 Å². The minimum Gasteiger partial charge on any atom is -0.294 e. The van der Waals surface area contributed by atoms with E-state index in [0.717, 1.165) is 40.9 Å². The number of rotatable bonds is 0. The lowest BCUT2D eigenvalue weighted by molar-refractivity contribution is 0.0904. The van der Waals surface area contributed by atoms with Crippen molar-refractivity contribution >= 4 is 11.6 Å². The summed E-state index contributed by atoms with van der Waals surface area (Å²) in [5.74, 6) is 0.290. The van der Waals surface area contributed by atoms with Crippen molar-refractivity contribution in [3.8, 4) is 0 Å². The number of fused-ring (bicyclic) bond motifs is 2. The molecule has 0 N–H and O–H groups in total. The molecule has 0 aliphatic heterocycles. The Morgan fingerprint density at radius 3 is 1.52 bits per heavy atom. The fourth-order valence-corrected chi connectivity index (χ4v) is 3.91. The van der Waals surface area contributed by atoms with Gasteiger partial charge in [-0.05, 0) is 36.2 Å². The number of pyridine rings is 1. The van der Waals surface area contributed by atoms with Crippen molar-refractivity contribution in [2.45, 2.75) is 60.3 Å². The van der Waals surface area contributed by atoms with Gasteiger partial charge in [-0.3, -0.25) is 14.6 Å². The molecule has 0 spiro atoms. The molecule has 1 heterocycles. The molecule has 0 amide bonds. The first-order valence-corrected chi connectivity index (χ1v) is 7.68. The minimum absolute atomic E-state index is 0.0358. The summed E-state index contributed by atoms with van der Waals surface area (Å²) < 4.78 is 0. The number of aromatic nitrogens is 1. The molecule has 0 bridgehead atoms. The molecule has 21 heavy (non-hydrogen) atoms. The second kappa shape index (κ2) is 4.25. The molecule has 0 atom stereocenters. The number of hydrogen-bond donors (Lipinski definition) is 0. The molecule has 0 aromatic carbocycles. The third-order valence-corrected chi connectivity index (χ3v) is 4.72. The highest BCUT2D eigenvalue weighted by molar-refractivity contribution is 6.06. The first-order valence-electron chi connectivity index (χ1n) is 7.68. The second-order valence-electron chi connectivity index (χ2n) is 8.26. The van der Waals surface area contributed by atoms with Crippen LogP contribution in [0.1, 0.15) is 78.2 Å². The largest absolute Gasteiger partial charge is 0.294 e. The van der Waals surface area contributed by atoms with E-state index < -0.39 is 0 Å². The molecule has 0 radical (unpaired) electrons. The zero-order valence-electron chi connectivity index (χ0n) is 13.6. The predicted octanol–water partition coefficient (Wildman–Crippen LogP) is 3.70. The molecule has 3 nitrogen and oxygen atoms in total. The van der Waals surface area contributed by atoms with Gasteiger partial charge in [-0.1, -0.05) is 27.7 Å². The van der Waals surface area contributed by atoms with Gasteiger partial charge in [0.05, 0.1) is 11.4 Å². The van der Waals surface area contributed by atoms with Gasteiger partial charge in [0.1, 0.15) is 0 Å². The van der Waals surface area contributed by atoms with Crippen LogP contribution in [-0.4, -0.2) is 16.6 Å². The van der Waals surface area contributed by atoms with Crippen LogP contribution in [0.3, 0.4) is 0 Å². The van der Waals surface area contributed by atoms with E-state index in [0.29, 0.717) is 12.8 Å². The molecular weight excluding hydrogens is 262 g/mol. The Hall–Kier alpha value is -1.51. The van der Waals surface area contributed by atoms with E-state index in [2.05, 4.69) is 27.7 Å². The summed E-state index contributed by atoms with van der Waals surface area (Å²) in [5.41, 5.74) is 4.05. The van der Waals surface area contributed by atoms with E-state index in [9.17, 15) is 9.59 Å². The van der Waals surface area contributed by atoms with Crippen LogP contribution in [0.4, 0.5) is 0 Å². The second-order valence-corrected chi connectivity index (χ2v) is 8.26. The van der Waals surface area contributed by atoms with Gasteiger partial charge in [0.2, 0.25) is 0 Å². The normalized spacial score (nSPS) is 22.7. The number of Topliss-reactive ketones (excluding diaryl/α,β-unsaturated/α-hetero) is 2. The summed E-state index contributed by atoms with van der Waals surface area (Å²) in [5, 5.41) is 0. The molecule has 0 saturated heterocycles. The molecule has 0 fully saturated rings. The summed E-state index contributed by atoms with van der Waals surface area (Å²) in [6.45, 7) is 10.4. The fraction of sp³-hybridized carbons (Fsp3) is 0.611. The Kier molecular flexibility index (Phi) is 2.92. The standard InChI is InChI=1S/C18H23NO2/c1-10-15-11(6-17(2,3)8-13(15)20)19-12-7-18(4,5)9-14(21)16(10)12/h6-9H2,1-5H3. The Morgan fingerprint density at radius 2 is 1.14 bits per heavy atom. The molecule has 3 rings (SSSR count). The molecule has 112 valence electrons. The molecule has 2 aliphatic rings. The van der Waals surface area contributed by atoms with Crippen molar-refractivity contribution in [2.75, 3.05) is 0 Å². The summed E-state index contributed by atoms with van der Waals surface area (Å²) in [4.78, 5) is 29.7. The van der Waals surface area contributed by atoms with Crippen molar-refractivity contribution in [3.63, 3.8) is 0 Å². The van der Waals surface area contributed by atoms with Gasteiger partial charge in [-0.2, -0.15) is 0 Å². The Bertz CT molecular complexity index is 614. The number of ketones is 2. The van der Waals surface area contributed by atoms with E-state index in [-0.39, 0.29) is 22.4 Å². The zero-order valence-corrected chi connectivity index (χ0v) is 13.6. The first kappa shape index (κ1) is 14.4. The van der Waals surface area contributed by atoms with Crippen LogP contribution >= 0.6 is 0 Å². The van der Waals surface area contributed by atoms with Crippen LogP contribution in [0.5, 0.6) is 0 Å². The van der Waals surface area contributed by atoms with Crippen molar-refractivity contribution in [1.82, 2.24) is 4.98 Å². The van der Waals surface area contributed by atoms with Gasteiger partial charge in [-0.15, -0.1) is 0 Å². The van der Waals surface area contributed by atoms with E-state index in [1.54, 1.807) is 0 Å². The van der Waals surface area contributed by atoms with E-state index in [1.165, 1.54) is 0 Å². The van der Waals surface area contributed by atoms with E-state index in [1.807, 2.05) is 6.92 Å². The van der Waals surface area contributed by atoms with Crippen LogP contribution in [0.15, 0.2) is 0 Å². The predicted molar refractivity (Wildman–Crippen MR) is 81.8 cm³/mol. The molecule has 0 unspecified atom stereocenters. The van der Waals surface area contributed by atoms with Crippen molar-refractivity contribution in [3.05, 3.63) is 28.1 Å². The third-order valence-electron chi connectivity index (χ3n) is 4.72. The zero-order chi connectivity index (χ0) is 15.6. The van der Waals surface area contributed by atoms with Gasteiger partial charge in [0.25, 0.3) is 0 Å². The highest BCUT2D eigenvalue weighted by Gasteiger charge is 2.39. The molecule has 1 aromatic rings.